The van der Waals surface area contributed by atoms with Crippen LogP contribution in [0.15, 0.2) is 54.1 Å². The van der Waals surface area contributed by atoms with E-state index in [1.807, 2.05) is 0 Å². The van der Waals surface area contributed by atoms with E-state index in [1.165, 1.54) is 11.1 Å². The van der Waals surface area contributed by atoms with Crippen LogP contribution in [0.25, 0.3) is 0 Å². The molecule has 2 aliphatic rings. The summed E-state index contributed by atoms with van der Waals surface area (Å²) in [6.07, 6.45) is 10.4. The second-order valence-electron chi connectivity index (χ2n) is 6.22. The van der Waals surface area contributed by atoms with Gasteiger partial charge in [-0.25, -0.2) is 0 Å². The van der Waals surface area contributed by atoms with E-state index >= 15 is 0 Å². The fourth-order valence-corrected chi connectivity index (χ4v) is 3.20. The van der Waals surface area contributed by atoms with Crippen LogP contribution < -0.4 is 0 Å². The summed E-state index contributed by atoms with van der Waals surface area (Å²) in [5.74, 6) is 0. The molecule has 1 aliphatic carbocycles. The van der Waals surface area contributed by atoms with Crippen LogP contribution in [0.4, 0.5) is 0 Å². The molecule has 0 amide bonds. The summed E-state index contributed by atoms with van der Waals surface area (Å²) in [5.41, 5.74) is 2.83. The average Bonchev–Trinajstić information content (AvgIpc) is 2.87. The van der Waals surface area contributed by atoms with Crippen LogP contribution >= 0.6 is 0 Å². The summed E-state index contributed by atoms with van der Waals surface area (Å²) < 4.78 is 6.14. The van der Waals surface area contributed by atoms with Crippen molar-refractivity contribution in [2.75, 3.05) is 13.2 Å². The van der Waals surface area contributed by atoms with E-state index in [4.69, 9.17) is 4.74 Å². The summed E-state index contributed by atoms with van der Waals surface area (Å²) >= 11 is 0. The summed E-state index contributed by atoms with van der Waals surface area (Å²) in [4.78, 5) is 2.54. The molecule has 1 fully saturated rings. The lowest BCUT2D eigenvalue weighted by molar-refractivity contribution is 0.0735. The van der Waals surface area contributed by atoms with Crippen LogP contribution in [-0.4, -0.2) is 30.2 Å². The van der Waals surface area contributed by atoms with Gasteiger partial charge in [0, 0.05) is 19.1 Å². The predicted molar refractivity (Wildman–Crippen MR) is 87.1 cm³/mol. The first-order valence-corrected chi connectivity index (χ1v) is 8.05. The molecule has 1 aliphatic heterocycles. The Kier molecular flexibility index (Phi) is 4.89. The minimum atomic E-state index is 0.385. The second-order valence-corrected chi connectivity index (χ2v) is 6.22. The number of nitrogens with zero attached hydrogens (tertiary/aromatic N) is 1. The molecule has 21 heavy (non-hydrogen) atoms. The van der Waals surface area contributed by atoms with Crippen molar-refractivity contribution in [2.45, 2.75) is 44.9 Å². The Balaban J connectivity index is 1.49. The molecule has 1 aromatic rings. The van der Waals surface area contributed by atoms with Gasteiger partial charge in [0.1, 0.15) is 0 Å². The molecule has 2 heteroatoms. The van der Waals surface area contributed by atoms with Gasteiger partial charge in [0.2, 0.25) is 0 Å². The molecule has 0 spiro atoms. The van der Waals surface area contributed by atoms with E-state index < -0.39 is 0 Å². The molecule has 0 N–H and O–H groups in total. The van der Waals surface area contributed by atoms with Crippen molar-refractivity contribution in [2.24, 2.45) is 0 Å². The summed E-state index contributed by atoms with van der Waals surface area (Å²) in [7, 11) is 0. The SMILES string of the molecule is CC1CC(OCC2=CC=CCC2)CN1Cc1ccccc1. The van der Waals surface area contributed by atoms with Crippen molar-refractivity contribution in [1.29, 1.82) is 0 Å². The minimum Gasteiger partial charge on any atom is -0.372 e. The molecule has 2 unspecified atom stereocenters. The van der Waals surface area contributed by atoms with Crippen LogP contribution in [-0.2, 0) is 11.3 Å². The minimum absolute atomic E-state index is 0.385. The molecule has 0 radical (unpaired) electrons. The zero-order chi connectivity index (χ0) is 14.5. The highest BCUT2D eigenvalue weighted by atomic mass is 16.5. The average molecular weight is 283 g/mol. The van der Waals surface area contributed by atoms with Crippen LogP contribution in [0.1, 0.15) is 31.7 Å². The number of hydrogen-bond acceptors (Lipinski definition) is 2. The number of allylic oxidation sites excluding steroid dienone is 3. The maximum atomic E-state index is 6.14. The van der Waals surface area contributed by atoms with Crippen molar-refractivity contribution in [3.05, 3.63) is 59.7 Å². The maximum Gasteiger partial charge on any atom is 0.0721 e. The maximum absolute atomic E-state index is 6.14. The Bertz CT molecular complexity index is 506. The largest absolute Gasteiger partial charge is 0.372 e. The second kappa shape index (κ2) is 7.06. The molecule has 0 bridgehead atoms. The van der Waals surface area contributed by atoms with E-state index in [0.29, 0.717) is 12.1 Å². The molecule has 0 aromatic heterocycles. The van der Waals surface area contributed by atoms with Gasteiger partial charge >= 0.3 is 0 Å². The van der Waals surface area contributed by atoms with Crippen molar-refractivity contribution in [1.82, 2.24) is 4.90 Å². The molecule has 2 nitrogen and oxygen atoms in total. The Labute approximate surface area is 128 Å². The van der Waals surface area contributed by atoms with Crippen molar-refractivity contribution >= 4 is 0 Å². The number of benzene rings is 1. The highest BCUT2D eigenvalue weighted by Gasteiger charge is 2.29. The van der Waals surface area contributed by atoms with Crippen LogP contribution in [0, 0.1) is 0 Å². The number of ether oxygens (including phenoxy) is 1. The van der Waals surface area contributed by atoms with Gasteiger partial charge in [-0.2, -0.15) is 0 Å². The van der Waals surface area contributed by atoms with Gasteiger partial charge in [-0.3, -0.25) is 4.90 Å². The Morgan fingerprint density at radius 3 is 2.86 bits per heavy atom. The Hall–Kier alpha value is -1.38. The van der Waals surface area contributed by atoms with Crippen LogP contribution in [0.2, 0.25) is 0 Å². The van der Waals surface area contributed by atoms with Gasteiger partial charge in [0.05, 0.1) is 12.7 Å². The van der Waals surface area contributed by atoms with E-state index in [0.717, 1.165) is 39.0 Å². The summed E-state index contributed by atoms with van der Waals surface area (Å²) in [6.45, 7) is 5.21. The monoisotopic (exact) mass is 283 g/mol. The molecule has 1 heterocycles. The zero-order valence-electron chi connectivity index (χ0n) is 12.9. The molecule has 112 valence electrons. The zero-order valence-corrected chi connectivity index (χ0v) is 12.9. The summed E-state index contributed by atoms with van der Waals surface area (Å²) in [6, 6.07) is 11.3. The van der Waals surface area contributed by atoms with Gasteiger partial charge in [-0.15, -0.1) is 0 Å². The highest BCUT2D eigenvalue weighted by Crippen LogP contribution is 2.23. The predicted octanol–water partition coefficient (Wildman–Crippen LogP) is 3.94. The lowest BCUT2D eigenvalue weighted by Gasteiger charge is -2.20. The van der Waals surface area contributed by atoms with Crippen molar-refractivity contribution in [3.63, 3.8) is 0 Å². The molecular weight excluding hydrogens is 258 g/mol. The van der Waals surface area contributed by atoms with Gasteiger partial charge < -0.3 is 4.74 Å². The number of likely N-dealkylation sites (tertiary alicyclic amines) is 1. The first-order valence-electron chi connectivity index (χ1n) is 8.05. The smallest absolute Gasteiger partial charge is 0.0721 e. The Morgan fingerprint density at radius 1 is 1.24 bits per heavy atom. The molecular formula is C19H25NO. The quantitative estimate of drug-likeness (QED) is 0.811. The first kappa shape index (κ1) is 14.6. The van der Waals surface area contributed by atoms with Crippen molar-refractivity contribution in [3.8, 4) is 0 Å². The van der Waals surface area contributed by atoms with Crippen LogP contribution in [0.5, 0.6) is 0 Å². The third kappa shape index (κ3) is 4.05. The lowest BCUT2D eigenvalue weighted by Crippen LogP contribution is -2.27. The summed E-state index contributed by atoms with van der Waals surface area (Å²) in [5, 5.41) is 0. The first-order chi connectivity index (χ1) is 10.3. The molecule has 2 atom stereocenters. The third-order valence-electron chi connectivity index (χ3n) is 4.50. The van der Waals surface area contributed by atoms with E-state index in [-0.39, 0.29) is 0 Å². The highest BCUT2D eigenvalue weighted by molar-refractivity contribution is 5.18. The molecule has 0 saturated carbocycles. The van der Waals surface area contributed by atoms with E-state index in [2.05, 4.69) is 60.4 Å². The van der Waals surface area contributed by atoms with E-state index in [9.17, 15) is 0 Å². The number of rotatable bonds is 5. The molecule has 1 saturated heterocycles. The van der Waals surface area contributed by atoms with Gasteiger partial charge in [-0.1, -0.05) is 48.6 Å². The fraction of sp³-hybridized carbons (Fsp3) is 0.474. The normalized spacial score (nSPS) is 26.0. The van der Waals surface area contributed by atoms with Crippen LogP contribution in [0.3, 0.4) is 0 Å². The van der Waals surface area contributed by atoms with Gasteiger partial charge in [0.25, 0.3) is 0 Å². The fourth-order valence-electron chi connectivity index (χ4n) is 3.20. The lowest BCUT2D eigenvalue weighted by atomic mass is 10.1. The van der Waals surface area contributed by atoms with E-state index in [1.54, 1.807) is 0 Å². The molecule has 3 rings (SSSR count). The number of hydrogen-bond donors (Lipinski definition) is 0. The topological polar surface area (TPSA) is 12.5 Å². The Morgan fingerprint density at radius 2 is 2.10 bits per heavy atom. The van der Waals surface area contributed by atoms with Crippen molar-refractivity contribution < 1.29 is 4.74 Å². The molecule has 1 aromatic carbocycles. The van der Waals surface area contributed by atoms with Gasteiger partial charge in [0.15, 0.2) is 0 Å². The standard InChI is InChI=1S/C19H25NO/c1-16-12-19(21-15-18-10-6-3-7-11-18)14-20(16)13-17-8-4-2-5-9-17/h2-6,8-10,16,19H,7,11-15H2,1H3. The third-order valence-corrected chi connectivity index (χ3v) is 4.50. The van der Waals surface area contributed by atoms with Gasteiger partial charge in [-0.05, 0) is 37.3 Å².